The number of alkyl halides is 5. The molecule has 3 heterocycles. The average Bonchev–Trinajstić information content (AvgIpc) is 3.30. The van der Waals surface area contributed by atoms with Crippen LogP contribution in [0.25, 0.3) is 66.9 Å². The highest BCUT2D eigenvalue weighted by Gasteiger charge is 2.30. The Kier molecular flexibility index (Phi) is 14.0. The maximum atomic E-state index is 12.8. The monoisotopic (exact) mass is 922 g/mol. The molecule has 6 aromatic carbocycles. The summed E-state index contributed by atoms with van der Waals surface area (Å²) in [5, 5.41) is 1.17. The van der Waals surface area contributed by atoms with E-state index in [1.54, 1.807) is 88.0 Å². The predicted octanol–water partition coefficient (Wildman–Crippen LogP) is 11.8. The van der Waals surface area contributed by atoms with Gasteiger partial charge in [0, 0.05) is 39.8 Å². The summed E-state index contributed by atoms with van der Waals surface area (Å²) in [5.74, 6) is 0. The lowest BCUT2D eigenvalue weighted by atomic mass is 10.1. The molecule has 0 spiro atoms. The van der Waals surface area contributed by atoms with Crippen LogP contribution >= 0.6 is 23.2 Å². The van der Waals surface area contributed by atoms with Gasteiger partial charge < -0.3 is 9.13 Å². The number of halogens is 7. The molecule has 0 unspecified atom stereocenters. The van der Waals surface area contributed by atoms with E-state index in [4.69, 9.17) is 23.2 Å². The van der Waals surface area contributed by atoms with Gasteiger partial charge in [-0.25, -0.2) is 23.7 Å². The molecule has 3 aromatic heterocycles. The molecule has 0 aliphatic heterocycles. The third-order valence-electron chi connectivity index (χ3n) is 10.2. The standard InChI is InChI=1S/C17H13F3N2O.C16H11ClF2N2O.C16H13ClN2O/c1-2-22-14-6-4-3-5-13(14)21-15(16(22)23)11-7-9-12(10-8-11)17(18,19)20;17-11-7-5-10(6-8-11)15-16(22)21(9-14(18)19)13-4-2-1-3-12(13)20-15;1-2-19-14-6-4-3-5-13(14)18-15(16(19)20)11-7-9-12(17)10-8-11/h3-10H,2H2,1H3;1-8,14H,9H2;3-10H,2H2,1H3. The first-order chi connectivity index (χ1) is 31.2. The molecule has 9 aromatic rings. The minimum Gasteiger partial charge on any atom is -0.305 e. The van der Waals surface area contributed by atoms with Gasteiger partial charge in [0.1, 0.15) is 17.1 Å². The molecule has 16 heteroatoms. The number of aryl methyl sites for hydroxylation is 2. The molecule has 65 heavy (non-hydrogen) atoms. The third-order valence-corrected chi connectivity index (χ3v) is 10.7. The molecule has 0 atom stereocenters. The van der Waals surface area contributed by atoms with Crippen LogP contribution in [0.2, 0.25) is 10.0 Å². The molecule has 0 saturated heterocycles. The van der Waals surface area contributed by atoms with Crippen molar-refractivity contribution in [2.75, 3.05) is 0 Å². The van der Waals surface area contributed by atoms with Crippen LogP contribution in [0.4, 0.5) is 22.0 Å². The largest absolute Gasteiger partial charge is 0.416 e. The lowest BCUT2D eigenvalue weighted by Crippen LogP contribution is -2.26. The minimum absolute atomic E-state index is 0.0754. The highest BCUT2D eigenvalue weighted by Crippen LogP contribution is 2.30. The molecular formula is C49H37Cl2F5N6O3. The van der Waals surface area contributed by atoms with Gasteiger partial charge in [0.05, 0.1) is 45.2 Å². The second-order valence-electron chi connectivity index (χ2n) is 14.3. The Morgan fingerprint density at radius 3 is 1.11 bits per heavy atom. The Hall–Kier alpha value is -7.03. The molecule has 0 aliphatic carbocycles. The van der Waals surface area contributed by atoms with Gasteiger partial charge in [-0.3, -0.25) is 19.0 Å². The quantitative estimate of drug-likeness (QED) is 0.147. The summed E-state index contributed by atoms with van der Waals surface area (Å²) < 4.78 is 67.9. The second-order valence-corrected chi connectivity index (χ2v) is 15.2. The van der Waals surface area contributed by atoms with E-state index in [0.717, 1.165) is 33.3 Å². The van der Waals surface area contributed by atoms with E-state index in [1.807, 2.05) is 56.3 Å². The Bertz CT molecular complexity index is 3320. The van der Waals surface area contributed by atoms with Crippen LogP contribution in [0.5, 0.6) is 0 Å². The van der Waals surface area contributed by atoms with Gasteiger partial charge in [0.2, 0.25) is 0 Å². The number of hydrogen-bond donors (Lipinski definition) is 0. The van der Waals surface area contributed by atoms with E-state index in [1.165, 1.54) is 12.1 Å². The second kappa shape index (κ2) is 19.8. The summed E-state index contributed by atoms with van der Waals surface area (Å²) in [4.78, 5) is 50.8. The van der Waals surface area contributed by atoms with Crippen LogP contribution in [0, 0.1) is 0 Å². The fourth-order valence-corrected chi connectivity index (χ4v) is 7.37. The molecule has 0 amide bonds. The molecule has 0 aliphatic rings. The normalized spacial score (nSPS) is 11.4. The molecule has 9 nitrogen and oxygen atoms in total. The van der Waals surface area contributed by atoms with Gasteiger partial charge in [0.15, 0.2) is 0 Å². The zero-order valence-electron chi connectivity index (χ0n) is 34.6. The van der Waals surface area contributed by atoms with Crippen molar-refractivity contribution in [3.05, 3.63) is 192 Å². The number of rotatable bonds is 7. The Morgan fingerprint density at radius 1 is 0.477 bits per heavy atom. The lowest BCUT2D eigenvalue weighted by molar-refractivity contribution is -0.137. The highest BCUT2D eigenvalue weighted by molar-refractivity contribution is 6.30. The van der Waals surface area contributed by atoms with Gasteiger partial charge in [0.25, 0.3) is 23.1 Å². The van der Waals surface area contributed by atoms with E-state index < -0.39 is 30.3 Å². The number of fused-ring (bicyclic) bond motifs is 3. The van der Waals surface area contributed by atoms with Crippen LogP contribution < -0.4 is 16.7 Å². The lowest BCUT2D eigenvalue weighted by Gasteiger charge is -2.12. The van der Waals surface area contributed by atoms with Crippen molar-refractivity contribution in [1.82, 2.24) is 28.7 Å². The maximum Gasteiger partial charge on any atom is 0.416 e. The molecule has 0 N–H and O–H groups in total. The van der Waals surface area contributed by atoms with E-state index in [0.29, 0.717) is 62.0 Å². The number of hydrogen-bond acceptors (Lipinski definition) is 6. The molecule has 9 rings (SSSR count). The van der Waals surface area contributed by atoms with Crippen molar-refractivity contribution < 1.29 is 22.0 Å². The number of nitrogens with zero attached hydrogens (tertiary/aromatic N) is 6. The number of para-hydroxylation sites is 6. The summed E-state index contributed by atoms with van der Waals surface area (Å²) in [6, 6.07) is 39.8. The van der Waals surface area contributed by atoms with Crippen molar-refractivity contribution in [2.45, 2.75) is 46.1 Å². The van der Waals surface area contributed by atoms with Crippen molar-refractivity contribution in [3.63, 3.8) is 0 Å². The SMILES string of the molecule is CCn1c(=O)c(-c2ccc(C(F)(F)F)cc2)nc2ccccc21.CCn1c(=O)c(-c2ccc(Cl)cc2)nc2ccccc21.O=c1c(-c2ccc(Cl)cc2)nc2ccccc2n1CC(F)F. The Morgan fingerprint density at radius 2 is 0.785 bits per heavy atom. The Labute approximate surface area is 377 Å². The van der Waals surface area contributed by atoms with Crippen LogP contribution in [0.1, 0.15) is 19.4 Å². The summed E-state index contributed by atoms with van der Waals surface area (Å²) in [6.45, 7) is 4.20. The first-order valence-electron chi connectivity index (χ1n) is 20.1. The number of aromatic nitrogens is 6. The molecule has 0 radical (unpaired) electrons. The third kappa shape index (κ3) is 10.2. The fraction of sp³-hybridized carbons (Fsp3) is 0.143. The number of benzene rings is 6. The average molecular weight is 924 g/mol. The van der Waals surface area contributed by atoms with Crippen LogP contribution in [-0.4, -0.2) is 35.1 Å². The highest BCUT2D eigenvalue weighted by atomic mass is 35.5. The van der Waals surface area contributed by atoms with E-state index in [9.17, 15) is 36.3 Å². The Balaban J connectivity index is 0.000000146. The topological polar surface area (TPSA) is 105 Å². The van der Waals surface area contributed by atoms with Gasteiger partial charge in [-0.1, -0.05) is 96.0 Å². The van der Waals surface area contributed by atoms with Crippen LogP contribution in [0.3, 0.4) is 0 Å². The molecule has 0 bridgehead atoms. The molecule has 0 fully saturated rings. The van der Waals surface area contributed by atoms with E-state index in [-0.39, 0.29) is 22.5 Å². The zero-order chi connectivity index (χ0) is 46.4. The maximum absolute atomic E-state index is 12.8. The summed E-state index contributed by atoms with van der Waals surface area (Å²) in [7, 11) is 0. The van der Waals surface area contributed by atoms with Gasteiger partial charge in [-0.2, -0.15) is 13.2 Å². The first kappa shape index (κ1) is 46.0. The molecule has 330 valence electrons. The van der Waals surface area contributed by atoms with Crippen LogP contribution in [0.15, 0.2) is 160 Å². The summed E-state index contributed by atoms with van der Waals surface area (Å²) >= 11 is 11.7. The van der Waals surface area contributed by atoms with Crippen molar-refractivity contribution >= 4 is 56.3 Å². The first-order valence-corrected chi connectivity index (χ1v) is 20.9. The van der Waals surface area contributed by atoms with E-state index in [2.05, 4.69) is 15.0 Å². The van der Waals surface area contributed by atoms with Crippen molar-refractivity contribution in [3.8, 4) is 33.8 Å². The summed E-state index contributed by atoms with van der Waals surface area (Å²) in [6.07, 6.45) is -7.03. The smallest absolute Gasteiger partial charge is 0.305 e. The van der Waals surface area contributed by atoms with Gasteiger partial charge in [-0.05, 0) is 86.6 Å². The van der Waals surface area contributed by atoms with Crippen molar-refractivity contribution in [1.29, 1.82) is 0 Å². The van der Waals surface area contributed by atoms with E-state index >= 15 is 0 Å². The summed E-state index contributed by atoms with van der Waals surface area (Å²) in [5.41, 5.74) is 4.66. The zero-order valence-corrected chi connectivity index (χ0v) is 36.1. The molecular weight excluding hydrogens is 886 g/mol. The predicted molar refractivity (Wildman–Crippen MR) is 247 cm³/mol. The van der Waals surface area contributed by atoms with Gasteiger partial charge >= 0.3 is 6.18 Å². The van der Waals surface area contributed by atoms with Gasteiger partial charge in [-0.15, -0.1) is 0 Å². The fourth-order valence-electron chi connectivity index (χ4n) is 7.12. The van der Waals surface area contributed by atoms with Crippen LogP contribution in [-0.2, 0) is 25.8 Å². The molecule has 0 saturated carbocycles. The minimum atomic E-state index is -4.40. The van der Waals surface area contributed by atoms with Crippen molar-refractivity contribution in [2.24, 2.45) is 0 Å².